The van der Waals surface area contributed by atoms with Crippen molar-refractivity contribution in [2.24, 2.45) is 0 Å². The largest absolute Gasteiger partial charge is 0.443 e. The zero-order chi connectivity index (χ0) is 20.8. The maximum Gasteiger partial charge on any atom is 0.359 e. The second kappa shape index (κ2) is 8.89. The van der Waals surface area contributed by atoms with Gasteiger partial charge in [0.05, 0.1) is 11.1 Å². The summed E-state index contributed by atoms with van der Waals surface area (Å²) in [5.41, 5.74) is 0.105. The van der Waals surface area contributed by atoms with Gasteiger partial charge in [-0.3, -0.25) is 19.9 Å². The second-order valence-corrected chi connectivity index (χ2v) is 6.11. The molecule has 10 heteroatoms. The lowest BCUT2D eigenvalue weighted by Crippen LogP contribution is -2.26. The molecule has 3 aromatic rings. The van der Waals surface area contributed by atoms with E-state index in [1.807, 2.05) is 0 Å². The van der Waals surface area contributed by atoms with E-state index in [0.717, 1.165) is 6.07 Å². The van der Waals surface area contributed by atoms with Gasteiger partial charge in [-0.15, -0.1) is 0 Å². The number of amides is 1. The van der Waals surface area contributed by atoms with Crippen LogP contribution in [0.25, 0.3) is 0 Å². The molecule has 2 aromatic carbocycles. The highest BCUT2D eigenvalue weighted by atomic mass is 35.5. The Balaban J connectivity index is 1.86. The van der Waals surface area contributed by atoms with E-state index in [0.29, 0.717) is 5.56 Å². The minimum absolute atomic E-state index is 0.0663. The molecule has 1 atom stereocenters. The normalized spacial score (nSPS) is 11.3. The molecule has 0 aliphatic carbocycles. The predicted molar refractivity (Wildman–Crippen MR) is 103 cm³/mol. The summed E-state index contributed by atoms with van der Waals surface area (Å²) in [4.78, 5) is 43.2. The van der Waals surface area contributed by atoms with E-state index in [1.165, 1.54) is 30.7 Å². The number of aromatic nitrogens is 2. The van der Waals surface area contributed by atoms with Gasteiger partial charge in [-0.2, -0.15) is 0 Å². The Morgan fingerprint density at radius 1 is 1.14 bits per heavy atom. The van der Waals surface area contributed by atoms with Gasteiger partial charge in [0.1, 0.15) is 5.02 Å². The van der Waals surface area contributed by atoms with Crippen LogP contribution in [-0.4, -0.2) is 26.8 Å². The molecule has 146 valence electrons. The Hall–Kier alpha value is -3.85. The van der Waals surface area contributed by atoms with E-state index >= 15 is 0 Å². The summed E-state index contributed by atoms with van der Waals surface area (Å²) in [7, 11) is 0. The smallest absolute Gasteiger partial charge is 0.359 e. The lowest BCUT2D eigenvalue weighted by Gasteiger charge is -2.18. The SMILES string of the molecule is O=C(O[C@@H](C(=O)Nc1ccc(Cl)c([N+](=O)[O-])c1)c1ccccc1)c1cnccn1. The first-order valence-corrected chi connectivity index (χ1v) is 8.60. The lowest BCUT2D eigenvalue weighted by molar-refractivity contribution is -0.384. The van der Waals surface area contributed by atoms with Crippen LogP contribution in [0.5, 0.6) is 0 Å². The van der Waals surface area contributed by atoms with Gasteiger partial charge in [0.15, 0.2) is 5.69 Å². The van der Waals surface area contributed by atoms with Crippen LogP contribution >= 0.6 is 11.6 Å². The Labute approximate surface area is 169 Å². The molecule has 1 heterocycles. The molecule has 0 aliphatic rings. The maximum absolute atomic E-state index is 12.8. The van der Waals surface area contributed by atoms with Crippen LogP contribution < -0.4 is 5.32 Å². The van der Waals surface area contributed by atoms with Crippen LogP contribution in [-0.2, 0) is 9.53 Å². The second-order valence-electron chi connectivity index (χ2n) is 5.70. The molecule has 9 nitrogen and oxygen atoms in total. The number of nitrogens with zero attached hydrogens (tertiary/aromatic N) is 3. The van der Waals surface area contributed by atoms with Crippen molar-refractivity contribution >= 4 is 34.9 Å². The number of carbonyl (C=O) groups excluding carboxylic acids is 2. The monoisotopic (exact) mass is 412 g/mol. The summed E-state index contributed by atoms with van der Waals surface area (Å²) >= 11 is 5.79. The van der Waals surface area contributed by atoms with E-state index in [-0.39, 0.29) is 22.1 Å². The highest BCUT2D eigenvalue weighted by Gasteiger charge is 2.27. The number of benzene rings is 2. The maximum atomic E-state index is 12.8. The van der Waals surface area contributed by atoms with Crippen molar-refractivity contribution < 1.29 is 19.2 Å². The number of nitro groups is 1. The number of halogens is 1. The minimum atomic E-state index is -1.32. The van der Waals surface area contributed by atoms with E-state index in [4.69, 9.17) is 16.3 Å². The van der Waals surface area contributed by atoms with E-state index in [2.05, 4.69) is 15.3 Å². The predicted octanol–water partition coefficient (Wildman–Crippen LogP) is 3.58. The van der Waals surface area contributed by atoms with Crippen molar-refractivity contribution in [3.8, 4) is 0 Å². The summed E-state index contributed by atoms with van der Waals surface area (Å²) in [5, 5.41) is 13.5. The Kier molecular flexibility index (Phi) is 6.10. The molecule has 0 saturated heterocycles. The van der Waals surface area contributed by atoms with Gasteiger partial charge in [-0.25, -0.2) is 9.78 Å². The number of nitrogens with one attached hydrogen (secondary N) is 1. The number of esters is 1. The first-order chi connectivity index (χ1) is 14.0. The quantitative estimate of drug-likeness (QED) is 0.372. The summed E-state index contributed by atoms with van der Waals surface area (Å²) in [6.45, 7) is 0. The first kappa shape index (κ1) is 19.9. The van der Waals surface area contributed by atoms with Crippen molar-refractivity contribution in [2.45, 2.75) is 6.10 Å². The lowest BCUT2D eigenvalue weighted by atomic mass is 10.1. The molecule has 0 aliphatic heterocycles. The molecule has 0 fully saturated rings. The number of anilines is 1. The van der Waals surface area contributed by atoms with Crippen LogP contribution in [0.15, 0.2) is 67.1 Å². The number of carbonyl (C=O) groups is 2. The van der Waals surface area contributed by atoms with Crippen molar-refractivity contribution in [3.05, 3.63) is 93.5 Å². The Bertz CT molecular complexity index is 1050. The number of rotatable bonds is 6. The molecule has 0 unspecified atom stereocenters. The Morgan fingerprint density at radius 3 is 2.55 bits per heavy atom. The van der Waals surface area contributed by atoms with Gasteiger partial charge >= 0.3 is 5.97 Å². The van der Waals surface area contributed by atoms with Gasteiger partial charge in [0.2, 0.25) is 6.10 Å². The molecule has 1 amide bonds. The average molecular weight is 413 g/mol. The molecular formula is C19H13ClN4O5. The zero-order valence-corrected chi connectivity index (χ0v) is 15.4. The third kappa shape index (κ3) is 4.90. The number of hydrogen-bond donors (Lipinski definition) is 1. The number of hydrogen-bond acceptors (Lipinski definition) is 7. The fourth-order valence-corrected chi connectivity index (χ4v) is 2.60. The zero-order valence-electron chi connectivity index (χ0n) is 14.7. The summed E-state index contributed by atoms with van der Waals surface area (Å²) in [6, 6.07) is 12.1. The molecule has 0 spiro atoms. The van der Waals surface area contributed by atoms with Crippen LogP contribution in [0.3, 0.4) is 0 Å². The van der Waals surface area contributed by atoms with E-state index < -0.39 is 22.9 Å². The molecular weight excluding hydrogens is 400 g/mol. The fourth-order valence-electron chi connectivity index (χ4n) is 2.41. The molecule has 3 rings (SSSR count). The Morgan fingerprint density at radius 2 is 1.90 bits per heavy atom. The van der Waals surface area contributed by atoms with E-state index in [9.17, 15) is 19.7 Å². The van der Waals surface area contributed by atoms with Gasteiger partial charge in [0.25, 0.3) is 11.6 Å². The summed E-state index contributed by atoms with van der Waals surface area (Å²) in [5.74, 6) is -1.55. The molecule has 0 radical (unpaired) electrons. The summed E-state index contributed by atoms with van der Waals surface area (Å²) < 4.78 is 5.34. The van der Waals surface area contributed by atoms with Gasteiger partial charge < -0.3 is 10.1 Å². The van der Waals surface area contributed by atoms with Gasteiger partial charge in [-0.1, -0.05) is 41.9 Å². The molecule has 0 bridgehead atoms. The highest BCUT2D eigenvalue weighted by molar-refractivity contribution is 6.32. The van der Waals surface area contributed by atoms with Crippen LogP contribution in [0, 0.1) is 10.1 Å². The summed E-state index contributed by atoms with van der Waals surface area (Å²) in [6.07, 6.45) is 2.61. The van der Waals surface area contributed by atoms with Crippen LogP contribution in [0.2, 0.25) is 5.02 Å². The standard InChI is InChI=1S/C19H13ClN4O5/c20-14-7-6-13(10-16(14)24(27)28)23-18(25)17(12-4-2-1-3-5-12)29-19(26)15-11-21-8-9-22-15/h1-11,17H,(H,23,25)/t17-/m1/s1. The number of nitro benzene ring substituents is 1. The molecule has 0 saturated carbocycles. The minimum Gasteiger partial charge on any atom is -0.443 e. The van der Waals surface area contributed by atoms with Crippen molar-refractivity contribution in [2.75, 3.05) is 5.32 Å². The van der Waals surface area contributed by atoms with Crippen LogP contribution in [0.1, 0.15) is 22.2 Å². The third-order valence-electron chi connectivity index (χ3n) is 3.75. The van der Waals surface area contributed by atoms with Crippen molar-refractivity contribution in [1.29, 1.82) is 0 Å². The average Bonchev–Trinajstić information content (AvgIpc) is 2.74. The van der Waals surface area contributed by atoms with Gasteiger partial charge in [-0.05, 0) is 12.1 Å². The topological polar surface area (TPSA) is 124 Å². The third-order valence-corrected chi connectivity index (χ3v) is 4.07. The van der Waals surface area contributed by atoms with Crippen molar-refractivity contribution in [1.82, 2.24) is 9.97 Å². The molecule has 29 heavy (non-hydrogen) atoms. The fraction of sp³-hybridized carbons (Fsp3) is 0.0526. The van der Waals surface area contributed by atoms with Gasteiger partial charge in [0, 0.05) is 29.7 Å². The van der Waals surface area contributed by atoms with Crippen molar-refractivity contribution in [3.63, 3.8) is 0 Å². The number of ether oxygens (including phenoxy) is 1. The first-order valence-electron chi connectivity index (χ1n) is 8.22. The molecule has 1 N–H and O–H groups in total. The van der Waals surface area contributed by atoms with E-state index in [1.54, 1.807) is 30.3 Å². The molecule has 1 aromatic heterocycles. The van der Waals surface area contributed by atoms with Crippen LogP contribution in [0.4, 0.5) is 11.4 Å². The highest BCUT2D eigenvalue weighted by Crippen LogP contribution is 2.28.